The van der Waals surface area contributed by atoms with E-state index in [2.05, 4.69) is 68.6 Å². The van der Waals surface area contributed by atoms with Crippen LogP contribution in [0.5, 0.6) is 5.75 Å². The van der Waals surface area contributed by atoms with Crippen molar-refractivity contribution in [2.75, 3.05) is 40.6 Å². The Labute approximate surface area is 240 Å². The van der Waals surface area contributed by atoms with Gasteiger partial charge in [-0.15, -0.1) is 11.3 Å². The average Bonchev–Trinajstić information content (AvgIpc) is 3.40. The van der Waals surface area contributed by atoms with Gasteiger partial charge in [0.15, 0.2) is 0 Å². The molecule has 3 aromatic rings. The first-order valence-corrected chi connectivity index (χ1v) is 15.4. The molecule has 0 radical (unpaired) electrons. The van der Waals surface area contributed by atoms with Crippen LogP contribution in [0.15, 0.2) is 35.3 Å². The molecule has 0 atom stereocenters. The summed E-state index contributed by atoms with van der Waals surface area (Å²) < 4.78 is 12.8. The molecular formula is C32H52N2O4S. The van der Waals surface area contributed by atoms with Gasteiger partial charge in [0.05, 0.1) is 12.5 Å². The summed E-state index contributed by atoms with van der Waals surface area (Å²) in [6.45, 7) is 16.2. The molecule has 3 rings (SSSR count). The minimum Gasteiger partial charge on any atom is -0.496 e. The number of hydrogen-bond donors (Lipinski definition) is 1. The summed E-state index contributed by atoms with van der Waals surface area (Å²) in [6, 6.07) is 8.39. The number of rotatable bonds is 13. The molecule has 0 aliphatic carbocycles. The third-order valence-corrected chi connectivity index (χ3v) is 7.83. The molecule has 0 amide bonds. The topological polar surface area (TPSA) is 63.9 Å². The Hall–Kier alpha value is -2.19. The van der Waals surface area contributed by atoms with E-state index in [9.17, 15) is 4.79 Å². The number of ether oxygens (including phenoxy) is 2. The lowest BCUT2D eigenvalue weighted by molar-refractivity contribution is 0.00539. The molecule has 0 aliphatic heterocycles. The number of aliphatic hydroxyl groups excluding tert-OH is 1. The van der Waals surface area contributed by atoms with E-state index in [1.54, 1.807) is 23.0 Å². The summed E-state index contributed by atoms with van der Waals surface area (Å²) in [5.74, 6) is 0.907. The second-order valence-corrected chi connectivity index (χ2v) is 10.6. The highest BCUT2D eigenvalue weighted by atomic mass is 32.1. The number of hydrogen-bond acceptors (Lipinski definition) is 6. The van der Waals surface area contributed by atoms with Crippen LogP contribution in [0.1, 0.15) is 77.7 Å². The van der Waals surface area contributed by atoms with Crippen molar-refractivity contribution in [3.63, 3.8) is 0 Å². The van der Waals surface area contributed by atoms with Gasteiger partial charge < -0.3 is 24.0 Å². The SMILES string of the molecule is CCCCCN(C)CCC.CCOCO.CCc1cc2c(=O)n(CC)cc(-c3ccc(CC)c(OC)c3)c2s1. The molecule has 220 valence electrons. The summed E-state index contributed by atoms with van der Waals surface area (Å²) >= 11 is 1.72. The van der Waals surface area contributed by atoms with Crippen molar-refractivity contribution in [3.8, 4) is 16.9 Å². The van der Waals surface area contributed by atoms with E-state index >= 15 is 0 Å². The molecule has 0 bridgehead atoms. The van der Waals surface area contributed by atoms with Gasteiger partial charge in [0.2, 0.25) is 0 Å². The predicted molar refractivity (Wildman–Crippen MR) is 169 cm³/mol. The van der Waals surface area contributed by atoms with Crippen LogP contribution in [0, 0.1) is 0 Å². The molecule has 2 aromatic heterocycles. The van der Waals surface area contributed by atoms with Gasteiger partial charge >= 0.3 is 0 Å². The van der Waals surface area contributed by atoms with Gasteiger partial charge in [0.1, 0.15) is 12.5 Å². The van der Waals surface area contributed by atoms with Crippen LogP contribution in [0.4, 0.5) is 0 Å². The highest BCUT2D eigenvalue weighted by Crippen LogP contribution is 2.35. The Kier molecular flexibility index (Phi) is 17.7. The number of fused-ring (bicyclic) bond motifs is 1. The van der Waals surface area contributed by atoms with E-state index in [0.717, 1.165) is 39.8 Å². The van der Waals surface area contributed by atoms with Crippen molar-refractivity contribution in [1.29, 1.82) is 0 Å². The zero-order valence-corrected chi connectivity index (χ0v) is 26.5. The van der Waals surface area contributed by atoms with Crippen molar-refractivity contribution in [2.24, 2.45) is 0 Å². The van der Waals surface area contributed by atoms with Gasteiger partial charge in [-0.25, -0.2) is 0 Å². The molecule has 0 fully saturated rings. The van der Waals surface area contributed by atoms with Crippen LogP contribution in [0.2, 0.25) is 0 Å². The third-order valence-electron chi connectivity index (χ3n) is 6.52. The summed E-state index contributed by atoms with van der Waals surface area (Å²) in [6.07, 6.45) is 9.24. The summed E-state index contributed by atoms with van der Waals surface area (Å²) in [4.78, 5) is 16.3. The van der Waals surface area contributed by atoms with Crippen LogP contribution >= 0.6 is 11.3 Å². The van der Waals surface area contributed by atoms with Crippen molar-refractivity contribution in [3.05, 3.63) is 51.3 Å². The fraction of sp³-hybridized carbons (Fsp3) is 0.594. The highest BCUT2D eigenvalue weighted by molar-refractivity contribution is 7.19. The Morgan fingerprint density at radius 2 is 1.72 bits per heavy atom. The molecule has 0 saturated carbocycles. The van der Waals surface area contributed by atoms with Crippen LogP contribution in [0.3, 0.4) is 0 Å². The number of unbranched alkanes of at least 4 members (excludes halogenated alkanes) is 2. The minimum atomic E-state index is -0.156. The average molecular weight is 561 g/mol. The lowest BCUT2D eigenvalue weighted by Crippen LogP contribution is -2.20. The Morgan fingerprint density at radius 3 is 2.23 bits per heavy atom. The normalized spacial score (nSPS) is 10.7. The van der Waals surface area contributed by atoms with E-state index < -0.39 is 0 Å². The molecule has 6 nitrogen and oxygen atoms in total. The maximum atomic E-state index is 12.6. The number of methoxy groups -OCH3 is 1. The quantitative estimate of drug-likeness (QED) is 0.175. The van der Waals surface area contributed by atoms with Gasteiger partial charge in [0.25, 0.3) is 5.56 Å². The third kappa shape index (κ3) is 11.1. The summed E-state index contributed by atoms with van der Waals surface area (Å²) in [5.41, 5.74) is 3.50. The second-order valence-electron chi connectivity index (χ2n) is 9.46. The lowest BCUT2D eigenvalue weighted by atomic mass is 10.0. The first-order valence-electron chi connectivity index (χ1n) is 14.5. The first-order chi connectivity index (χ1) is 18.8. The summed E-state index contributed by atoms with van der Waals surface area (Å²) in [5, 5.41) is 8.67. The van der Waals surface area contributed by atoms with Crippen LogP contribution in [-0.4, -0.2) is 55.2 Å². The monoisotopic (exact) mass is 560 g/mol. The molecule has 0 spiro atoms. The second kappa shape index (κ2) is 19.8. The minimum absolute atomic E-state index is 0.101. The zero-order chi connectivity index (χ0) is 29.2. The number of aromatic nitrogens is 1. The zero-order valence-electron chi connectivity index (χ0n) is 25.6. The Bertz CT molecular complexity index is 1140. The van der Waals surface area contributed by atoms with Crippen molar-refractivity contribution in [1.82, 2.24) is 9.47 Å². The number of aliphatic hydroxyl groups is 1. The molecule has 2 heterocycles. The van der Waals surface area contributed by atoms with E-state index in [1.165, 1.54) is 49.2 Å². The predicted octanol–water partition coefficient (Wildman–Crippen LogP) is 7.37. The number of thiophene rings is 1. The maximum Gasteiger partial charge on any atom is 0.259 e. The molecule has 1 N–H and O–H groups in total. The van der Waals surface area contributed by atoms with E-state index in [-0.39, 0.29) is 12.4 Å². The van der Waals surface area contributed by atoms with E-state index in [1.807, 2.05) is 20.0 Å². The Morgan fingerprint density at radius 1 is 0.974 bits per heavy atom. The molecular weight excluding hydrogens is 508 g/mol. The number of aryl methyl sites for hydroxylation is 3. The van der Waals surface area contributed by atoms with Crippen molar-refractivity contribution in [2.45, 2.75) is 86.6 Å². The van der Waals surface area contributed by atoms with Gasteiger partial charge in [-0.05, 0) is 82.9 Å². The van der Waals surface area contributed by atoms with Crippen LogP contribution in [-0.2, 0) is 24.1 Å². The fourth-order valence-electron chi connectivity index (χ4n) is 4.26. The number of nitrogens with zero attached hydrogens (tertiary/aromatic N) is 2. The number of benzene rings is 1. The van der Waals surface area contributed by atoms with E-state index in [4.69, 9.17) is 9.84 Å². The van der Waals surface area contributed by atoms with E-state index in [0.29, 0.717) is 13.2 Å². The molecule has 0 saturated heterocycles. The lowest BCUT2D eigenvalue weighted by Gasteiger charge is -2.14. The van der Waals surface area contributed by atoms with Gasteiger partial charge in [-0.1, -0.05) is 52.7 Å². The molecule has 39 heavy (non-hydrogen) atoms. The standard InChI is InChI=1S/C20H23NO2S.C9H21N.C3H8O2/c1-5-13-8-9-14(10-18(13)23-4)17-12-21(7-3)20(22)16-11-15(6-2)24-19(16)17;1-4-6-7-9-10(3)8-5-2;1-2-5-3-4/h8-12H,5-7H2,1-4H3;4-9H2,1-3H3;4H,2-3H2,1H3. The number of pyridine rings is 1. The van der Waals surface area contributed by atoms with Crippen molar-refractivity contribution < 1.29 is 14.6 Å². The summed E-state index contributed by atoms with van der Waals surface area (Å²) in [7, 11) is 3.92. The van der Waals surface area contributed by atoms with Gasteiger partial charge in [-0.2, -0.15) is 0 Å². The molecule has 7 heteroatoms. The Balaban J connectivity index is 0.000000421. The smallest absolute Gasteiger partial charge is 0.259 e. The van der Waals surface area contributed by atoms with Gasteiger partial charge in [-0.3, -0.25) is 4.79 Å². The maximum absolute atomic E-state index is 12.6. The first kappa shape index (κ1) is 34.8. The highest BCUT2D eigenvalue weighted by Gasteiger charge is 2.15. The molecule has 0 unspecified atom stereocenters. The fourth-order valence-corrected chi connectivity index (χ4v) is 5.38. The molecule has 1 aromatic carbocycles. The van der Waals surface area contributed by atoms with Crippen molar-refractivity contribution >= 4 is 21.4 Å². The van der Waals surface area contributed by atoms with Crippen LogP contribution < -0.4 is 10.3 Å². The molecule has 0 aliphatic rings. The van der Waals surface area contributed by atoms with Crippen LogP contribution in [0.25, 0.3) is 21.2 Å². The van der Waals surface area contributed by atoms with Gasteiger partial charge in [0, 0.05) is 34.5 Å². The largest absolute Gasteiger partial charge is 0.496 e.